The molecule has 0 aliphatic heterocycles. The second-order valence-electron chi connectivity index (χ2n) is 4.24. The van der Waals surface area contributed by atoms with Crippen molar-refractivity contribution in [1.82, 2.24) is 9.55 Å². The number of fused-ring (bicyclic) bond motifs is 1. The zero-order chi connectivity index (χ0) is 14.3. The highest BCUT2D eigenvalue weighted by atomic mass is 35.5. The van der Waals surface area contributed by atoms with Gasteiger partial charge in [0.25, 0.3) is 5.56 Å². The zero-order valence-corrected chi connectivity index (χ0v) is 10.8. The molecule has 0 saturated carbocycles. The Morgan fingerprint density at radius 1 is 1.30 bits per heavy atom. The number of hydrogen-bond acceptors (Lipinski definition) is 3. The Kier molecular flexibility index (Phi) is 2.94. The SMILES string of the molecule is O=c1[nH]c2c(=O)n(Cc3cc(F)ccc3Cl)ccc2o1. The van der Waals surface area contributed by atoms with Crippen LogP contribution in [0.4, 0.5) is 4.39 Å². The first-order valence-corrected chi connectivity index (χ1v) is 6.08. The Morgan fingerprint density at radius 3 is 2.90 bits per heavy atom. The molecule has 3 rings (SSSR count). The fourth-order valence-corrected chi connectivity index (χ4v) is 2.14. The van der Waals surface area contributed by atoms with E-state index in [9.17, 15) is 14.0 Å². The predicted molar refractivity (Wildman–Crippen MR) is 71.6 cm³/mol. The van der Waals surface area contributed by atoms with E-state index in [4.69, 9.17) is 16.0 Å². The number of nitrogens with zero attached hydrogens (tertiary/aromatic N) is 1. The van der Waals surface area contributed by atoms with Crippen LogP contribution in [0.2, 0.25) is 5.02 Å². The lowest BCUT2D eigenvalue weighted by molar-refractivity contribution is 0.555. The number of aromatic nitrogens is 2. The minimum atomic E-state index is -0.696. The van der Waals surface area contributed by atoms with E-state index in [2.05, 4.69) is 4.98 Å². The Hall–Kier alpha value is -2.34. The molecule has 0 fully saturated rings. The Morgan fingerprint density at radius 2 is 2.10 bits per heavy atom. The molecule has 20 heavy (non-hydrogen) atoms. The van der Waals surface area contributed by atoms with Gasteiger partial charge in [0, 0.05) is 11.2 Å². The van der Waals surface area contributed by atoms with E-state index in [1.54, 1.807) is 0 Å². The van der Waals surface area contributed by atoms with Crippen molar-refractivity contribution in [3.8, 4) is 0 Å². The molecule has 7 heteroatoms. The monoisotopic (exact) mass is 294 g/mol. The molecule has 0 aliphatic carbocycles. The Balaban J connectivity index is 2.11. The second kappa shape index (κ2) is 4.64. The lowest BCUT2D eigenvalue weighted by Crippen LogP contribution is -2.20. The van der Waals surface area contributed by atoms with Crippen LogP contribution in [0.3, 0.4) is 0 Å². The van der Waals surface area contributed by atoms with Crippen LogP contribution in [0.1, 0.15) is 5.56 Å². The number of halogens is 2. The van der Waals surface area contributed by atoms with Crippen LogP contribution in [0, 0.1) is 5.82 Å². The van der Waals surface area contributed by atoms with Gasteiger partial charge in [0.05, 0.1) is 6.54 Å². The van der Waals surface area contributed by atoms with Crippen LogP contribution in [-0.4, -0.2) is 9.55 Å². The normalized spacial score (nSPS) is 11.1. The molecule has 0 atom stereocenters. The summed E-state index contributed by atoms with van der Waals surface area (Å²) in [4.78, 5) is 25.5. The summed E-state index contributed by atoms with van der Waals surface area (Å²) in [5.74, 6) is -1.13. The van der Waals surface area contributed by atoms with Crippen LogP contribution < -0.4 is 11.3 Å². The predicted octanol–water partition coefficient (Wildman–Crippen LogP) is 2.12. The van der Waals surface area contributed by atoms with E-state index in [0.717, 1.165) is 0 Å². The summed E-state index contributed by atoms with van der Waals surface area (Å²) < 4.78 is 19.3. The summed E-state index contributed by atoms with van der Waals surface area (Å²) in [5.41, 5.74) is 0.291. The van der Waals surface area contributed by atoms with Crippen molar-refractivity contribution < 1.29 is 8.81 Å². The van der Waals surface area contributed by atoms with Gasteiger partial charge < -0.3 is 8.98 Å². The van der Waals surface area contributed by atoms with Gasteiger partial charge in [-0.25, -0.2) is 9.18 Å². The van der Waals surface area contributed by atoms with Gasteiger partial charge in [-0.15, -0.1) is 0 Å². The van der Waals surface area contributed by atoms with Gasteiger partial charge in [0.1, 0.15) is 5.82 Å². The molecule has 102 valence electrons. The molecule has 1 aromatic carbocycles. The van der Waals surface area contributed by atoms with Crippen molar-refractivity contribution in [3.05, 3.63) is 67.8 Å². The number of oxazole rings is 1. The highest BCUT2D eigenvalue weighted by Crippen LogP contribution is 2.18. The zero-order valence-electron chi connectivity index (χ0n) is 10.0. The third-order valence-corrected chi connectivity index (χ3v) is 3.27. The van der Waals surface area contributed by atoms with Crippen molar-refractivity contribution in [2.75, 3.05) is 0 Å². The smallest absolute Gasteiger partial charge is 0.408 e. The maximum Gasteiger partial charge on any atom is 0.417 e. The lowest BCUT2D eigenvalue weighted by Gasteiger charge is -2.07. The molecule has 0 bridgehead atoms. The first-order valence-electron chi connectivity index (χ1n) is 5.71. The molecular weight excluding hydrogens is 287 g/mol. The van der Waals surface area contributed by atoms with Crippen LogP contribution >= 0.6 is 11.6 Å². The highest BCUT2D eigenvalue weighted by Gasteiger charge is 2.10. The maximum atomic E-state index is 13.2. The fraction of sp³-hybridized carbons (Fsp3) is 0.0769. The van der Waals surface area contributed by atoms with Gasteiger partial charge in [-0.1, -0.05) is 11.6 Å². The molecule has 0 saturated heterocycles. The molecule has 0 amide bonds. The molecular formula is C13H8ClFN2O3. The van der Waals surface area contributed by atoms with Crippen molar-refractivity contribution >= 4 is 22.7 Å². The van der Waals surface area contributed by atoms with Crippen LogP contribution in [-0.2, 0) is 6.54 Å². The van der Waals surface area contributed by atoms with Crippen molar-refractivity contribution in [3.63, 3.8) is 0 Å². The summed E-state index contributed by atoms with van der Waals surface area (Å²) >= 11 is 5.96. The van der Waals surface area contributed by atoms with E-state index in [-0.39, 0.29) is 17.6 Å². The van der Waals surface area contributed by atoms with Gasteiger partial charge in [-0.05, 0) is 29.8 Å². The molecule has 3 aromatic rings. The number of H-pyrrole nitrogens is 1. The van der Waals surface area contributed by atoms with E-state index < -0.39 is 17.1 Å². The molecule has 0 unspecified atom stereocenters. The summed E-state index contributed by atoms with van der Waals surface area (Å²) in [6.07, 6.45) is 1.46. The van der Waals surface area contributed by atoms with E-state index in [1.165, 1.54) is 35.0 Å². The molecule has 0 aliphatic rings. The highest BCUT2D eigenvalue weighted by molar-refractivity contribution is 6.31. The number of benzene rings is 1. The minimum absolute atomic E-state index is 0.0741. The van der Waals surface area contributed by atoms with E-state index in [1.807, 2.05) is 0 Å². The number of rotatable bonds is 2. The van der Waals surface area contributed by atoms with E-state index in [0.29, 0.717) is 10.6 Å². The Bertz CT molecular complexity index is 910. The summed E-state index contributed by atoms with van der Waals surface area (Å²) in [6.45, 7) is 0.0958. The van der Waals surface area contributed by atoms with Gasteiger partial charge in [0.15, 0.2) is 11.1 Å². The topological polar surface area (TPSA) is 68.0 Å². The average molecular weight is 295 g/mol. The third kappa shape index (κ3) is 2.14. The first kappa shape index (κ1) is 12.7. The Labute approximate surface area is 116 Å². The molecule has 1 N–H and O–H groups in total. The van der Waals surface area contributed by atoms with Crippen molar-refractivity contribution in [2.24, 2.45) is 0 Å². The van der Waals surface area contributed by atoms with Gasteiger partial charge >= 0.3 is 5.76 Å². The standard InChI is InChI=1S/C13H8ClFN2O3/c14-9-2-1-8(15)5-7(9)6-17-4-3-10-11(12(17)18)16-13(19)20-10/h1-5H,6H2,(H,16,19). The minimum Gasteiger partial charge on any atom is -0.408 e. The molecule has 2 heterocycles. The van der Waals surface area contributed by atoms with Crippen LogP contribution in [0.15, 0.2) is 44.5 Å². The number of hydrogen-bond donors (Lipinski definition) is 1. The maximum absolute atomic E-state index is 13.2. The number of nitrogens with one attached hydrogen (secondary N) is 1. The molecule has 2 aromatic heterocycles. The fourth-order valence-electron chi connectivity index (χ4n) is 1.96. The molecule has 5 nitrogen and oxygen atoms in total. The lowest BCUT2D eigenvalue weighted by atomic mass is 10.2. The van der Waals surface area contributed by atoms with Gasteiger partial charge in [-0.2, -0.15) is 0 Å². The second-order valence-corrected chi connectivity index (χ2v) is 4.65. The third-order valence-electron chi connectivity index (χ3n) is 2.91. The van der Waals surface area contributed by atoms with Gasteiger partial charge in [0.2, 0.25) is 0 Å². The van der Waals surface area contributed by atoms with Crippen LogP contribution in [0.25, 0.3) is 11.1 Å². The average Bonchev–Trinajstić information content (AvgIpc) is 2.79. The summed E-state index contributed by atoms with van der Waals surface area (Å²) in [7, 11) is 0. The van der Waals surface area contributed by atoms with Crippen molar-refractivity contribution in [1.29, 1.82) is 0 Å². The van der Waals surface area contributed by atoms with Crippen LogP contribution in [0.5, 0.6) is 0 Å². The largest absolute Gasteiger partial charge is 0.417 e. The summed E-state index contributed by atoms with van der Waals surface area (Å²) in [5, 5.41) is 0.360. The number of aromatic amines is 1. The number of pyridine rings is 1. The van der Waals surface area contributed by atoms with Gasteiger partial charge in [-0.3, -0.25) is 9.78 Å². The van der Waals surface area contributed by atoms with E-state index >= 15 is 0 Å². The van der Waals surface area contributed by atoms with Crippen molar-refractivity contribution in [2.45, 2.75) is 6.54 Å². The summed E-state index contributed by atoms with van der Waals surface area (Å²) in [6, 6.07) is 5.42. The first-order chi connectivity index (χ1) is 9.54. The molecule has 0 radical (unpaired) electrons. The quantitative estimate of drug-likeness (QED) is 0.787. The molecule has 0 spiro atoms.